The number of para-hydroxylation sites is 1. The molecular formula is C23H20F3N5O4. The third-order valence-electron chi connectivity index (χ3n) is 5.27. The number of halogens is 3. The molecule has 2 aromatic heterocycles. The van der Waals surface area contributed by atoms with Crippen molar-refractivity contribution in [1.82, 2.24) is 19.9 Å². The Bertz CT molecular complexity index is 1370. The van der Waals surface area contributed by atoms with Crippen LogP contribution in [0, 0.1) is 0 Å². The van der Waals surface area contributed by atoms with Gasteiger partial charge in [-0.1, -0.05) is 18.2 Å². The van der Waals surface area contributed by atoms with E-state index in [4.69, 9.17) is 30.1 Å². The number of anilines is 1. The van der Waals surface area contributed by atoms with Crippen LogP contribution in [-0.2, 0) is 11.2 Å². The van der Waals surface area contributed by atoms with E-state index in [1.807, 2.05) is 36.4 Å². The number of imidazole rings is 1. The first-order valence-corrected chi connectivity index (χ1v) is 10.3. The Labute approximate surface area is 196 Å². The quantitative estimate of drug-likeness (QED) is 0.395. The van der Waals surface area contributed by atoms with Crippen molar-refractivity contribution >= 4 is 23.0 Å². The van der Waals surface area contributed by atoms with E-state index < -0.39 is 12.1 Å². The number of carboxylic acid groups (broad SMARTS) is 1. The molecule has 0 radical (unpaired) electrons. The van der Waals surface area contributed by atoms with Crippen LogP contribution in [0.2, 0.25) is 0 Å². The highest BCUT2D eigenvalue weighted by Crippen LogP contribution is 2.38. The SMILES string of the molecule is COc1cccc2c1OCC(c1nc3ccc(-c4ccnc(N)n4)cc3[nH]1)C2.O=C(O)C(F)(F)F. The molecule has 0 fully saturated rings. The number of ether oxygens (including phenoxy) is 2. The maximum atomic E-state index is 10.6. The van der Waals surface area contributed by atoms with Gasteiger partial charge >= 0.3 is 12.1 Å². The summed E-state index contributed by atoms with van der Waals surface area (Å²) in [6, 6.07) is 13.8. The number of H-pyrrole nitrogens is 1. The monoisotopic (exact) mass is 487 g/mol. The van der Waals surface area contributed by atoms with Gasteiger partial charge in [0, 0.05) is 11.8 Å². The summed E-state index contributed by atoms with van der Waals surface area (Å²) >= 11 is 0. The zero-order chi connectivity index (χ0) is 25.2. The van der Waals surface area contributed by atoms with Gasteiger partial charge in [-0.3, -0.25) is 0 Å². The molecule has 5 rings (SSSR count). The molecule has 0 saturated carbocycles. The topological polar surface area (TPSA) is 136 Å². The zero-order valence-electron chi connectivity index (χ0n) is 18.3. The summed E-state index contributed by atoms with van der Waals surface area (Å²) in [7, 11) is 1.66. The van der Waals surface area contributed by atoms with Crippen molar-refractivity contribution < 1.29 is 32.5 Å². The van der Waals surface area contributed by atoms with Crippen LogP contribution < -0.4 is 15.2 Å². The van der Waals surface area contributed by atoms with Gasteiger partial charge in [-0.2, -0.15) is 13.2 Å². The fraction of sp³-hybridized carbons (Fsp3) is 0.217. The van der Waals surface area contributed by atoms with Gasteiger partial charge < -0.3 is 25.3 Å². The third-order valence-corrected chi connectivity index (χ3v) is 5.27. The molecule has 2 aromatic carbocycles. The lowest BCUT2D eigenvalue weighted by Gasteiger charge is -2.25. The van der Waals surface area contributed by atoms with Gasteiger partial charge in [-0.05, 0) is 36.2 Å². The van der Waals surface area contributed by atoms with Gasteiger partial charge in [-0.25, -0.2) is 19.7 Å². The molecule has 0 saturated heterocycles. The van der Waals surface area contributed by atoms with Crippen molar-refractivity contribution in [2.75, 3.05) is 19.5 Å². The highest BCUT2D eigenvalue weighted by Gasteiger charge is 2.38. The lowest BCUT2D eigenvalue weighted by Crippen LogP contribution is -2.21. The second-order valence-electron chi connectivity index (χ2n) is 7.62. The molecule has 12 heteroatoms. The minimum Gasteiger partial charge on any atom is -0.493 e. The highest BCUT2D eigenvalue weighted by atomic mass is 19.4. The number of fused-ring (bicyclic) bond motifs is 2. The summed E-state index contributed by atoms with van der Waals surface area (Å²) in [6.07, 6.45) is -2.58. The van der Waals surface area contributed by atoms with E-state index in [1.54, 1.807) is 13.3 Å². The maximum Gasteiger partial charge on any atom is 0.490 e. The minimum absolute atomic E-state index is 0.158. The molecular weight excluding hydrogens is 467 g/mol. The van der Waals surface area contributed by atoms with Gasteiger partial charge in [0.15, 0.2) is 11.5 Å². The number of hydrogen-bond acceptors (Lipinski definition) is 7. The molecule has 4 N–H and O–H groups in total. The average Bonchev–Trinajstić information content (AvgIpc) is 3.26. The molecule has 3 heterocycles. The van der Waals surface area contributed by atoms with Crippen LogP contribution in [0.15, 0.2) is 48.7 Å². The number of aliphatic carboxylic acids is 1. The summed E-state index contributed by atoms with van der Waals surface area (Å²) < 4.78 is 43.1. The van der Waals surface area contributed by atoms with E-state index in [-0.39, 0.29) is 11.9 Å². The fourth-order valence-corrected chi connectivity index (χ4v) is 3.65. The van der Waals surface area contributed by atoms with Gasteiger partial charge in [0.1, 0.15) is 5.82 Å². The number of aromatic nitrogens is 4. The van der Waals surface area contributed by atoms with Crippen molar-refractivity contribution in [3.63, 3.8) is 0 Å². The second-order valence-corrected chi connectivity index (χ2v) is 7.62. The number of nitrogens with two attached hydrogens (primary N) is 1. The first kappa shape index (κ1) is 23.8. The smallest absolute Gasteiger partial charge is 0.490 e. The molecule has 0 bridgehead atoms. The number of methoxy groups -OCH3 is 1. The van der Waals surface area contributed by atoms with Gasteiger partial charge in [0.05, 0.1) is 36.4 Å². The number of benzene rings is 2. The van der Waals surface area contributed by atoms with E-state index >= 15 is 0 Å². The van der Waals surface area contributed by atoms with Crippen molar-refractivity contribution in [2.24, 2.45) is 0 Å². The molecule has 0 aliphatic carbocycles. The Hall–Kier alpha value is -4.35. The Morgan fingerprint density at radius 2 is 2.00 bits per heavy atom. The van der Waals surface area contributed by atoms with E-state index in [2.05, 4.69) is 21.0 Å². The van der Waals surface area contributed by atoms with Crippen molar-refractivity contribution in [2.45, 2.75) is 18.5 Å². The molecule has 1 aliphatic heterocycles. The van der Waals surface area contributed by atoms with E-state index in [9.17, 15) is 13.2 Å². The summed E-state index contributed by atoms with van der Waals surface area (Å²) in [4.78, 5) is 25.4. The molecule has 1 unspecified atom stereocenters. The number of nitrogens with zero attached hydrogens (tertiary/aromatic N) is 3. The van der Waals surface area contributed by atoms with Gasteiger partial charge in [0.25, 0.3) is 0 Å². The number of carboxylic acids is 1. The Kier molecular flexibility index (Phi) is 6.45. The van der Waals surface area contributed by atoms with Crippen LogP contribution in [0.1, 0.15) is 17.3 Å². The Balaban J connectivity index is 0.000000364. The van der Waals surface area contributed by atoms with E-state index in [1.165, 1.54) is 0 Å². The number of aromatic amines is 1. The van der Waals surface area contributed by atoms with Crippen LogP contribution in [0.5, 0.6) is 11.5 Å². The first-order valence-electron chi connectivity index (χ1n) is 10.3. The van der Waals surface area contributed by atoms with Gasteiger partial charge in [0.2, 0.25) is 5.95 Å². The molecule has 0 spiro atoms. The number of rotatable bonds is 3. The predicted octanol–water partition coefficient (Wildman–Crippen LogP) is 3.96. The molecule has 1 aliphatic rings. The van der Waals surface area contributed by atoms with E-state index in [0.29, 0.717) is 6.61 Å². The zero-order valence-corrected chi connectivity index (χ0v) is 18.3. The lowest BCUT2D eigenvalue weighted by atomic mass is 9.96. The van der Waals surface area contributed by atoms with Crippen LogP contribution in [0.3, 0.4) is 0 Å². The minimum atomic E-state index is -5.08. The normalized spacial score (nSPS) is 14.9. The summed E-state index contributed by atoms with van der Waals surface area (Å²) in [5.74, 6) is 0.187. The Morgan fingerprint density at radius 1 is 1.23 bits per heavy atom. The predicted molar refractivity (Wildman–Crippen MR) is 120 cm³/mol. The van der Waals surface area contributed by atoms with Crippen LogP contribution in [0.25, 0.3) is 22.3 Å². The number of nitrogens with one attached hydrogen (secondary N) is 1. The second kappa shape index (κ2) is 9.49. The molecule has 9 nitrogen and oxygen atoms in total. The standard InChI is InChI=1S/C21H19N5O2.C2HF3O2/c1-27-18-4-2-3-13-9-14(11-28-19(13)18)20-24-16-6-5-12(10-17(16)25-20)15-7-8-23-21(22)26-15;3-2(4,5)1(6)7/h2-8,10,14H,9,11H2,1H3,(H,24,25)(H2,22,23,26);(H,6,7). The average molecular weight is 487 g/mol. The molecule has 182 valence electrons. The largest absolute Gasteiger partial charge is 0.493 e. The van der Waals surface area contributed by atoms with Crippen molar-refractivity contribution in [3.05, 3.63) is 60.0 Å². The molecule has 35 heavy (non-hydrogen) atoms. The molecule has 4 aromatic rings. The van der Waals surface area contributed by atoms with Crippen LogP contribution >= 0.6 is 0 Å². The first-order chi connectivity index (χ1) is 16.7. The fourth-order valence-electron chi connectivity index (χ4n) is 3.65. The highest BCUT2D eigenvalue weighted by molar-refractivity contribution is 5.81. The summed E-state index contributed by atoms with van der Waals surface area (Å²) in [6.45, 7) is 0.558. The van der Waals surface area contributed by atoms with Crippen molar-refractivity contribution in [3.8, 4) is 22.8 Å². The maximum absolute atomic E-state index is 10.6. The van der Waals surface area contributed by atoms with Crippen LogP contribution in [-0.4, -0.2) is 50.9 Å². The summed E-state index contributed by atoms with van der Waals surface area (Å²) in [5, 5.41) is 7.12. The number of hydrogen-bond donors (Lipinski definition) is 3. The number of carbonyl (C=O) groups is 1. The van der Waals surface area contributed by atoms with Crippen molar-refractivity contribution in [1.29, 1.82) is 0 Å². The number of nitrogen functional groups attached to an aromatic ring is 1. The summed E-state index contributed by atoms with van der Waals surface area (Å²) in [5.41, 5.74) is 10.5. The van der Waals surface area contributed by atoms with Crippen LogP contribution in [0.4, 0.5) is 19.1 Å². The molecule has 0 amide bonds. The molecule has 1 atom stereocenters. The Morgan fingerprint density at radius 3 is 2.69 bits per heavy atom. The van der Waals surface area contributed by atoms with E-state index in [0.717, 1.165) is 51.6 Å². The number of alkyl halides is 3. The van der Waals surface area contributed by atoms with Gasteiger partial charge in [-0.15, -0.1) is 0 Å². The lowest BCUT2D eigenvalue weighted by molar-refractivity contribution is -0.192. The third kappa shape index (κ3) is 5.26.